The Morgan fingerprint density at radius 1 is 1.25 bits per heavy atom. The molecule has 2 unspecified atom stereocenters. The van der Waals surface area contributed by atoms with Crippen LogP contribution in [0.2, 0.25) is 0 Å². The Balaban J connectivity index is 0. The van der Waals surface area contributed by atoms with Crippen molar-refractivity contribution in [2.75, 3.05) is 0 Å². The van der Waals surface area contributed by atoms with Crippen molar-refractivity contribution < 1.29 is 14.3 Å². The van der Waals surface area contributed by atoms with Crippen LogP contribution in [0.3, 0.4) is 0 Å². The van der Waals surface area contributed by atoms with E-state index in [0.29, 0.717) is 6.42 Å². The summed E-state index contributed by atoms with van der Waals surface area (Å²) in [6.07, 6.45) is 0.686. The van der Waals surface area contributed by atoms with Crippen molar-refractivity contribution in [1.29, 1.82) is 0 Å². The minimum absolute atomic E-state index is 0. The maximum absolute atomic E-state index is 10.8. The van der Waals surface area contributed by atoms with Gasteiger partial charge in [0.05, 0.1) is 11.8 Å². The second-order valence-electron chi connectivity index (χ2n) is 2.54. The standard InChI is InChI=1S/C7H10O3.2CH4/c1-3-5-4(2)6(8)10-7(5)9;;/h4-5H,3H2,1-2H3;2*1H4. The van der Waals surface area contributed by atoms with Gasteiger partial charge >= 0.3 is 11.9 Å². The number of hydrogen-bond donors (Lipinski definition) is 0. The van der Waals surface area contributed by atoms with Crippen LogP contribution in [0.1, 0.15) is 35.1 Å². The SMILES string of the molecule is C.C.CCC1C(=O)OC(=O)C1C. The number of carbonyl (C=O) groups excluding carboxylic acids is 2. The fraction of sp³-hybridized carbons (Fsp3) is 0.778. The summed E-state index contributed by atoms with van der Waals surface area (Å²) in [5.74, 6) is -1.18. The molecular weight excluding hydrogens is 156 g/mol. The van der Waals surface area contributed by atoms with E-state index in [0.717, 1.165) is 0 Å². The quantitative estimate of drug-likeness (QED) is 0.451. The summed E-state index contributed by atoms with van der Waals surface area (Å²) in [4.78, 5) is 21.5. The van der Waals surface area contributed by atoms with Gasteiger partial charge in [-0.1, -0.05) is 28.7 Å². The van der Waals surface area contributed by atoms with Crippen LogP contribution in [0.4, 0.5) is 0 Å². The number of ether oxygens (including phenoxy) is 1. The molecule has 0 aromatic carbocycles. The number of cyclic esters (lactones) is 2. The Bertz CT molecular complexity index is 175. The molecule has 2 atom stereocenters. The molecule has 0 spiro atoms. The van der Waals surface area contributed by atoms with Crippen LogP contribution in [0.5, 0.6) is 0 Å². The first-order valence-corrected chi connectivity index (χ1v) is 3.42. The molecule has 0 saturated carbocycles. The summed E-state index contributed by atoms with van der Waals surface area (Å²) in [6, 6.07) is 0. The van der Waals surface area contributed by atoms with Crippen molar-refractivity contribution in [3.05, 3.63) is 0 Å². The van der Waals surface area contributed by atoms with Gasteiger partial charge in [0.1, 0.15) is 0 Å². The molecule has 1 saturated heterocycles. The summed E-state index contributed by atoms with van der Waals surface area (Å²) in [6.45, 7) is 3.60. The van der Waals surface area contributed by atoms with E-state index in [9.17, 15) is 9.59 Å². The third-order valence-electron chi connectivity index (χ3n) is 1.92. The first-order valence-electron chi connectivity index (χ1n) is 3.42. The molecule has 0 aromatic heterocycles. The van der Waals surface area contributed by atoms with Crippen molar-refractivity contribution in [3.8, 4) is 0 Å². The molecule has 1 aliphatic rings. The zero-order valence-corrected chi connectivity index (χ0v) is 6.09. The van der Waals surface area contributed by atoms with Crippen molar-refractivity contribution in [2.24, 2.45) is 11.8 Å². The van der Waals surface area contributed by atoms with Crippen LogP contribution in [-0.4, -0.2) is 11.9 Å². The largest absolute Gasteiger partial charge is 0.393 e. The number of carbonyl (C=O) groups is 2. The summed E-state index contributed by atoms with van der Waals surface area (Å²) in [7, 11) is 0. The van der Waals surface area contributed by atoms with E-state index >= 15 is 0 Å². The lowest BCUT2D eigenvalue weighted by Crippen LogP contribution is -2.12. The molecular formula is C9H18O3. The van der Waals surface area contributed by atoms with E-state index < -0.39 is 0 Å². The monoisotopic (exact) mass is 174 g/mol. The highest BCUT2D eigenvalue weighted by Crippen LogP contribution is 2.25. The molecule has 1 heterocycles. The Morgan fingerprint density at radius 2 is 1.75 bits per heavy atom. The van der Waals surface area contributed by atoms with Gasteiger partial charge in [0, 0.05) is 0 Å². The van der Waals surface area contributed by atoms with Crippen molar-refractivity contribution >= 4 is 11.9 Å². The molecule has 1 aliphatic heterocycles. The molecule has 0 N–H and O–H groups in total. The van der Waals surface area contributed by atoms with E-state index in [1.165, 1.54) is 0 Å². The van der Waals surface area contributed by atoms with Gasteiger partial charge in [0.2, 0.25) is 0 Å². The molecule has 72 valence electrons. The maximum atomic E-state index is 10.8. The molecule has 12 heavy (non-hydrogen) atoms. The van der Waals surface area contributed by atoms with E-state index in [1.54, 1.807) is 6.92 Å². The molecule has 3 heteroatoms. The third-order valence-corrected chi connectivity index (χ3v) is 1.92. The Morgan fingerprint density at radius 3 is 1.92 bits per heavy atom. The lowest BCUT2D eigenvalue weighted by Gasteiger charge is -2.02. The normalized spacial score (nSPS) is 27.2. The Hall–Kier alpha value is -0.860. The predicted molar refractivity (Wildman–Crippen MR) is 47.5 cm³/mol. The second kappa shape index (κ2) is 4.91. The molecule has 3 nitrogen and oxygen atoms in total. The van der Waals surface area contributed by atoms with E-state index in [4.69, 9.17) is 0 Å². The Labute approximate surface area is 74.1 Å². The van der Waals surface area contributed by atoms with Gasteiger partial charge in [0.25, 0.3) is 0 Å². The van der Waals surface area contributed by atoms with E-state index in [1.807, 2.05) is 6.92 Å². The fourth-order valence-electron chi connectivity index (χ4n) is 1.16. The fourth-order valence-corrected chi connectivity index (χ4v) is 1.16. The van der Waals surface area contributed by atoms with Crippen LogP contribution in [-0.2, 0) is 14.3 Å². The van der Waals surface area contributed by atoms with Gasteiger partial charge in [-0.25, -0.2) is 0 Å². The lowest BCUT2D eigenvalue weighted by atomic mass is 9.95. The van der Waals surface area contributed by atoms with Crippen LogP contribution in [0, 0.1) is 11.8 Å². The molecule has 0 bridgehead atoms. The summed E-state index contributed by atoms with van der Waals surface area (Å²) in [5, 5.41) is 0. The summed E-state index contributed by atoms with van der Waals surface area (Å²) < 4.78 is 4.40. The van der Waals surface area contributed by atoms with Gasteiger partial charge in [-0.3, -0.25) is 9.59 Å². The van der Waals surface area contributed by atoms with Gasteiger partial charge in [0.15, 0.2) is 0 Å². The molecule has 0 amide bonds. The van der Waals surface area contributed by atoms with Crippen molar-refractivity contribution in [1.82, 2.24) is 0 Å². The van der Waals surface area contributed by atoms with Gasteiger partial charge in [-0.15, -0.1) is 0 Å². The first kappa shape index (κ1) is 13.7. The third kappa shape index (κ3) is 2.06. The highest BCUT2D eigenvalue weighted by Gasteiger charge is 2.39. The van der Waals surface area contributed by atoms with Crippen molar-refractivity contribution in [2.45, 2.75) is 35.1 Å². The van der Waals surface area contributed by atoms with Crippen LogP contribution < -0.4 is 0 Å². The molecule has 0 aromatic rings. The zero-order chi connectivity index (χ0) is 7.72. The average Bonchev–Trinajstić information content (AvgIpc) is 2.09. The summed E-state index contributed by atoms with van der Waals surface area (Å²) in [5.41, 5.74) is 0. The minimum Gasteiger partial charge on any atom is -0.393 e. The number of esters is 2. The molecule has 1 rings (SSSR count). The Kier molecular flexibility index (Phi) is 5.61. The lowest BCUT2D eigenvalue weighted by molar-refractivity contribution is -0.153. The van der Waals surface area contributed by atoms with Crippen LogP contribution in [0.15, 0.2) is 0 Å². The predicted octanol–water partition coefficient (Wildman–Crippen LogP) is 2.00. The maximum Gasteiger partial charge on any atom is 0.317 e. The molecule has 0 aliphatic carbocycles. The van der Waals surface area contributed by atoms with Crippen LogP contribution in [0.25, 0.3) is 0 Å². The topological polar surface area (TPSA) is 43.4 Å². The first-order chi connectivity index (χ1) is 4.66. The smallest absolute Gasteiger partial charge is 0.317 e. The highest BCUT2D eigenvalue weighted by molar-refractivity contribution is 5.96. The highest BCUT2D eigenvalue weighted by atomic mass is 16.6. The van der Waals surface area contributed by atoms with E-state index in [-0.39, 0.29) is 38.6 Å². The van der Waals surface area contributed by atoms with Gasteiger partial charge in [-0.2, -0.15) is 0 Å². The van der Waals surface area contributed by atoms with E-state index in [2.05, 4.69) is 4.74 Å². The number of rotatable bonds is 1. The molecule has 1 fully saturated rings. The minimum atomic E-state index is -0.378. The zero-order valence-electron chi connectivity index (χ0n) is 6.09. The average molecular weight is 174 g/mol. The molecule has 0 radical (unpaired) electrons. The van der Waals surface area contributed by atoms with Crippen molar-refractivity contribution in [3.63, 3.8) is 0 Å². The summed E-state index contributed by atoms with van der Waals surface area (Å²) >= 11 is 0. The van der Waals surface area contributed by atoms with Gasteiger partial charge < -0.3 is 4.74 Å². The van der Waals surface area contributed by atoms with Crippen LogP contribution >= 0.6 is 0 Å². The number of hydrogen-bond acceptors (Lipinski definition) is 3. The van der Waals surface area contributed by atoms with Gasteiger partial charge in [-0.05, 0) is 6.42 Å². The second-order valence-corrected chi connectivity index (χ2v) is 2.54.